The number of fused-ring (bicyclic) bond motifs is 8. The summed E-state index contributed by atoms with van der Waals surface area (Å²) < 4.78 is 22.2. The molecule has 3 aliphatic heterocycles. The molecular weight excluding hydrogens is 1160 g/mol. The van der Waals surface area contributed by atoms with Crippen LogP contribution in [0.3, 0.4) is 0 Å². The normalized spacial score (nSPS) is 12.1. The molecule has 5 nitrogen and oxygen atoms in total. The number of para-hydroxylation sites is 3. The second-order valence-electron chi connectivity index (χ2n) is 11.6. The average Bonchev–Trinajstić information content (AvgIpc) is 3.55. The highest BCUT2D eigenvalue weighted by molar-refractivity contribution is 14.1. The Labute approximate surface area is 391 Å². The van der Waals surface area contributed by atoms with E-state index in [0.717, 1.165) is 61.0 Å². The lowest BCUT2D eigenvalue weighted by Crippen LogP contribution is -2.33. The SMILES string of the molecule is CC.CC.CC.CC.Cc1ccccc1-c1c2ccc(=O)c(I)c-2oc2c(I)cccc12.O=C1OC2(c3ccccc31)c1cccc(I)c1Oc1c(I)cccc12. The zero-order valence-electron chi connectivity index (χ0n) is 33.5. The van der Waals surface area contributed by atoms with Crippen molar-refractivity contribution < 1.29 is 18.7 Å². The maximum absolute atomic E-state index is 12.7. The predicted molar refractivity (Wildman–Crippen MR) is 270 cm³/mol. The summed E-state index contributed by atoms with van der Waals surface area (Å²) in [4.78, 5) is 24.8. The standard InChI is InChI=1S/C20H10I2O3.C20H12I2O2.4C2H6/c21-15-9-3-7-13-17(15)24-18-14(8-4-10-16(18)22)20(13)12-6-2-1-5-11(12)19(23)25-20;1-11-5-2-3-6-12(11)17-13-7-4-8-15(21)19(13)24-20-14(17)9-10-16(23)18(20)22;4*1-2/h1-10H;2-10H,1H3;4*1-2H3. The summed E-state index contributed by atoms with van der Waals surface area (Å²) in [5.41, 5.74) is 7.54. The fourth-order valence-electron chi connectivity index (χ4n) is 6.68. The molecule has 9 heteroatoms. The van der Waals surface area contributed by atoms with E-state index in [1.54, 1.807) is 6.07 Å². The zero-order chi connectivity index (χ0) is 42.0. The van der Waals surface area contributed by atoms with Gasteiger partial charge in [0.1, 0.15) is 20.7 Å². The van der Waals surface area contributed by atoms with Crippen LogP contribution in [-0.2, 0) is 10.3 Å². The van der Waals surface area contributed by atoms with Gasteiger partial charge in [0, 0.05) is 33.2 Å². The number of aryl methyl sites for hydroxylation is 1. The summed E-state index contributed by atoms with van der Waals surface area (Å²) in [6, 6.07) is 37.5. The molecule has 0 fully saturated rings. The van der Waals surface area contributed by atoms with Crippen LogP contribution in [0.1, 0.15) is 88.0 Å². The van der Waals surface area contributed by atoms with Crippen LogP contribution in [0.15, 0.2) is 124 Å². The van der Waals surface area contributed by atoms with Crippen LogP contribution in [0, 0.1) is 21.2 Å². The number of rotatable bonds is 1. The van der Waals surface area contributed by atoms with Crippen molar-refractivity contribution >= 4 is 107 Å². The minimum Gasteiger partial charge on any atom is -0.454 e. The van der Waals surface area contributed by atoms with Crippen molar-refractivity contribution in [3.8, 4) is 33.9 Å². The maximum atomic E-state index is 12.7. The van der Waals surface area contributed by atoms with E-state index in [0.29, 0.717) is 14.9 Å². The Bertz CT molecular complexity index is 2470. The largest absolute Gasteiger partial charge is 0.454 e. The van der Waals surface area contributed by atoms with Crippen molar-refractivity contribution in [2.75, 3.05) is 0 Å². The van der Waals surface area contributed by atoms with Gasteiger partial charge < -0.3 is 13.9 Å². The van der Waals surface area contributed by atoms with Crippen molar-refractivity contribution in [2.45, 2.75) is 67.9 Å². The Kier molecular flexibility index (Phi) is 17.4. The molecular formula is C48H46I4O5. The van der Waals surface area contributed by atoms with E-state index in [-0.39, 0.29) is 11.4 Å². The molecule has 1 spiro atoms. The first kappa shape index (κ1) is 46.7. The first-order chi connectivity index (χ1) is 27.7. The summed E-state index contributed by atoms with van der Waals surface area (Å²) in [6.45, 7) is 18.1. The topological polar surface area (TPSA) is 65.7 Å². The maximum Gasteiger partial charge on any atom is 0.340 e. The molecule has 1 aliphatic carbocycles. The first-order valence-electron chi connectivity index (χ1n) is 19.2. The molecule has 0 unspecified atom stereocenters. The Morgan fingerprint density at radius 2 is 1.02 bits per heavy atom. The summed E-state index contributed by atoms with van der Waals surface area (Å²) in [7, 11) is 0. The molecule has 0 amide bonds. The van der Waals surface area contributed by atoms with E-state index in [2.05, 4.69) is 115 Å². The lowest BCUT2D eigenvalue weighted by Gasteiger charge is -2.37. The van der Waals surface area contributed by atoms with E-state index < -0.39 is 5.60 Å². The van der Waals surface area contributed by atoms with Gasteiger partial charge in [-0.2, -0.15) is 0 Å². The second-order valence-corrected chi connectivity index (χ2v) is 16.2. The molecule has 57 heavy (non-hydrogen) atoms. The molecule has 0 bridgehead atoms. The zero-order valence-corrected chi connectivity index (χ0v) is 42.2. The van der Waals surface area contributed by atoms with Gasteiger partial charge in [0.25, 0.3) is 0 Å². The van der Waals surface area contributed by atoms with Crippen LogP contribution in [0.2, 0.25) is 0 Å². The first-order valence-corrected chi connectivity index (χ1v) is 23.5. The number of ether oxygens (including phenoxy) is 2. The number of hydrogen-bond acceptors (Lipinski definition) is 5. The van der Waals surface area contributed by atoms with Crippen LogP contribution in [0.25, 0.3) is 33.4 Å². The van der Waals surface area contributed by atoms with E-state index in [9.17, 15) is 9.59 Å². The number of carbonyl (C=O) groups is 1. The summed E-state index contributed by atoms with van der Waals surface area (Å²) in [5, 5.41) is 1.07. The monoisotopic (exact) mass is 1210 g/mol. The molecule has 0 atom stereocenters. The van der Waals surface area contributed by atoms with E-state index in [4.69, 9.17) is 13.9 Å². The van der Waals surface area contributed by atoms with Crippen molar-refractivity contribution in [1.82, 2.24) is 0 Å². The molecule has 5 aromatic carbocycles. The Morgan fingerprint density at radius 3 is 1.61 bits per heavy atom. The van der Waals surface area contributed by atoms with Crippen LogP contribution >= 0.6 is 90.4 Å². The van der Waals surface area contributed by atoms with Gasteiger partial charge in [-0.05, 0) is 145 Å². The van der Waals surface area contributed by atoms with Gasteiger partial charge in [-0.25, -0.2) is 4.79 Å². The van der Waals surface area contributed by atoms with Gasteiger partial charge in [-0.3, -0.25) is 4.79 Å². The molecule has 0 radical (unpaired) electrons. The molecule has 0 aromatic heterocycles. The summed E-state index contributed by atoms with van der Waals surface area (Å²) in [6.07, 6.45) is 0. The molecule has 296 valence electrons. The highest BCUT2D eigenvalue weighted by Gasteiger charge is 2.54. The van der Waals surface area contributed by atoms with Crippen LogP contribution in [-0.4, -0.2) is 5.97 Å². The van der Waals surface area contributed by atoms with Crippen LogP contribution in [0.4, 0.5) is 0 Å². The van der Waals surface area contributed by atoms with Crippen molar-refractivity contribution in [3.05, 3.63) is 168 Å². The highest BCUT2D eigenvalue weighted by atomic mass is 127. The Hall–Kier alpha value is -3.02. The number of benzene rings is 6. The number of carbonyl (C=O) groups excluding carboxylic acids is 1. The van der Waals surface area contributed by atoms with Gasteiger partial charge in [0.15, 0.2) is 16.8 Å². The van der Waals surface area contributed by atoms with Gasteiger partial charge in [0.2, 0.25) is 0 Å². The smallest absolute Gasteiger partial charge is 0.340 e. The van der Waals surface area contributed by atoms with Gasteiger partial charge in [0.05, 0.1) is 16.3 Å². The van der Waals surface area contributed by atoms with Crippen LogP contribution in [0.5, 0.6) is 11.5 Å². The van der Waals surface area contributed by atoms with E-state index >= 15 is 0 Å². The van der Waals surface area contributed by atoms with E-state index in [1.165, 1.54) is 11.1 Å². The minimum absolute atomic E-state index is 0.00660. The van der Waals surface area contributed by atoms with Crippen molar-refractivity contribution in [3.63, 3.8) is 0 Å². The van der Waals surface area contributed by atoms with E-state index in [1.807, 2.05) is 146 Å². The Balaban J connectivity index is 0.000000216. The molecule has 3 heterocycles. The number of halogens is 4. The van der Waals surface area contributed by atoms with Crippen molar-refractivity contribution in [1.29, 1.82) is 0 Å². The number of esters is 1. The molecule has 5 aromatic rings. The molecule has 0 saturated carbocycles. The van der Waals surface area contributed by atoms with Gasteiger partial charge in [-0.15, -0.1) is 0 Å². The third-order valence-corrected chi connectivity index (χ3v) is 12.4. The average molecular weight is 1210 g/mol. The van der Waals surface area contributed by atoms with Crippen molar-refractivity contribution in [2.24, 2.45) is 0 Å². The van der Waals surface area contributed by atoms with Gasteiger partial charge >= 0.3 is 5.97 Å². The molecule has 4 aliphatic rings. The van der Waals surface area contributed by atoms with Gasteiger partial charge in [-0.1, -0.05) is 134 Å². The third kappa shape index (κ3) is 8.82. The fourth-order valence-corrected chi connectivity index (χ4v) is 9.08. The Morgan fingerprint density at radius 1 is 0.509 bits per heavy atom. The lowest BCUT2D eigenvalue weighted by molar-refractivity contribution is 0.0223. The summed E-state index contributed by atoms with van der Waals surface area (Å²) >= 11 is 8.89. The predicted octanol–water partition coefficient (Wildman–Crippen LogP) is 15.7. The second kappa shape index (κ2) is 21.3. The molecule has 0 N–H and O–H groups in total. The highest BCUT2D eigenvalue weighted by Crippen LogP contribution is 2.57. The molecule has 0 saturated heterocycles. The summed E-state index contributed by atoms with van der Waals surface area (Å²) in [5.74, 6) is 1.87. The minimum atomic E-state index is -0.959. The molecule has 9 rings (SSSR count). The number of hydrogen-bond donors (Lipinski definition) is 0. The quantitative estimate of drug-likeness (QED) is 0.0931. The fraction of sp³-hybridized carbons (Fsp3) is 0.208. The lowest BCUT2D eigenvalue weighted by atomic mass is 9.78. The van der Waals surface area contributed by atoms with Crippen LogP contribution < -0.4 is 10.2 Å². The third-order valence-electron chi connectivity index (χ3n) is 8.85.